The minimum Gasteiger partial charge on any atom is -0.350 e. The van der Waals surface area contributed by atoms with Gasteiger partial charge < -0.3 is 20.5 Å². The number of pyridine rings is 1. The normalized spacial score (nSPS) is 11.0. The number of halogens is 4. The Morgan fingerprint density at radius 2 is 1.61 bits per heavy atom. The van der Waals surface area contributed by atoms with E-state index in [1.165, 1.54) is 0 Å². The summed E-state index contributed by atoms with van der Waals surface area (Å²) in [7, 11) is 0. The molecule has 0 fully saturated rings. The van der Waals surface area contributed by atoms with Gasteiger partial charge >= 0.3 is 12.2 Å². The van der Waals surface area contributed by atoms with Crippen LogP contribution in [-0.2, 0) is 24.1 Å². The SMILES string of the molecule is O=C(Cn1cc(C(F)(F)F)cc(Cl)c1=O)NCc1cccc(NC(=O)Nc2ccccc2)c1. The first-order chi connectivity index (χ1) is 15.6. The molecule has 2 aromatic carbocycles. The molecular weight excluding hydrogens is 461 g/mol. The van der Waals surface area contributed by atoms with Crippen LogP contribution >= 0.6 is 11.6 Å². The smallest absolute Gasteiger partial charge is 0.350 e. The van der Waals surface area contributed by atoms with E-state index in [4.69, 9.17) is 11.6 Å². The maximum Gasteiger partial charge on any atom is 0.417 e. The Kier molecular flexibility index (Phi) is 7.39. The van der Waals surface area contributed by atoms with Gasteiger partial charge in [-0.15, -0.1) is 0 Å². The zero-order valence-corrected chi connectivity index (χ0v) is 17.7. The monoisotopic (exact) mass is 478 g/mol. The van der Waals surface area contributed by atoms with E-state index in [-0.39, 0.29) is 6.54 Å². The van der Waals surface area contributed by atoms with Gasteiger partial charge in [0.15, 0.2) is 0 Å². The second-order valence-electron chi connectivity index (χ2n) is 6.93. The summed E-state index contributed by atoms with van der Waals surface area (Å²) in [6.45, 7) is -0.615. The number of alkyl halides is 3. The first kappa shape index (κ1) is 23.9. The van der Waals surface area contributed by atoms with Gasteiger partial charge in [-0.2, -0.15) is 13.2 Å². The predicted molar refractivity (Wildman–Crippen MR) is 118 cm³/mol. The standard InChI is InChI=1S/C22H18ClF3N4O3/c23-18-10-15(22(24,25)26)12-30(20(18)32)13-19(31)27-11-14-5-4-8-17(9-14)29-21(33)28-16-6-2-1-3-7-16/h1-10,12H,11,13H2,(H,27,31)(H2,28,29,33). The molecule has 0 aliphatic heterocycles. The molecule has 7 nitrogen and oxygen atoms in total. The fourth-order valence-electron chi connectivity index (χ4n) is 2.86. The largest absolute Gasteiger partial charge is 0.417 e. The van der Waals surface area contributed by atoms with Gasteiger partial charge in [-0.1, -0.05) is 41.9 Å². The molecule has 1 aromatic heterocycles. The van der Waals surface area contributed by atoms with Crippen LogP contribution in [-0.4, -0.2) is 16.5 Å². The van der Waals surface area contributed by atoms with E-state index in [1.807, 2.05) is 6.07 Å². The van der Waals surface area contributed by atoms with Crippen LogP contribution in [0.1, 0.15) is 11.1 Å². The Morgan fingerprint density at radius 1 is 0.939 bits per heavy atom. The van der Waals surface area contributed by atoms with Crippen molar-refractivity contribution in [3.63, 3.8) is 0 Å². The Bertz CT molecular complexity index is 1210. The van der Waals surface area contributed by atoms with E-state index >= 15 is 0 Å². The molecule has 1 heterocycles. The van der Waals surface area contributed by atoms with Crippen LogP contribution in [0.4, 0.5) is 29.3 Å². The number of nitrogens with zero attached hydrogens (tertiary/aromatic N) is 1. The third-order valence-corrected chi connectivity index (χ3v) is 4.66. The lowest BCUT2D eigenvalue weighted by Gasteiger charge is -2.12. The van der Waals surface area contributed by atoms with Gasteiger partial charge in [0.05, 0.1) is 5.56 Å². The average Bonchev–Trinajstić information content (AvgIpc) is 2.75. The number of hydrogen-bond donors (Lipinski definition) is 3. The van der Waals surface area contributed by atoms with Crippen LogP contribution in [0.25, 0.3) is 0 Å². The molecule has 3 amide bonds. The van der Waals surface area contributed by atoms with E-state index in [2.05, 4.69) is 16.0 Å². The second kappa shape index (κ2) is 10.2. The number of anilines is 2. The van der Waals surface area contributed by atoms with Crippen molar-refractivity contribution in [1.82, 2.24) is 9.88 Å². The van der Waals surface area contributed by atoms with Crippen LogP contribution < -0.4 is 21.5 Å². The summed E-state index contributed by atoms with van der Waals surface area (Å²) in [6, 6.07) is 15.5. The molecule has 0 spiro atoms. The van der Waals surface area contributed by atoms with Crippen LogP contribution in [0.3, 0.4) is 0 Å². The van der Waals surface area contributed by atoms with Gasteiger partial charge in [0, 0.05) is 24.1 Å². The number of amides is 3. The molecule has 0 bridgehead atoms. The van der Waals surface area contributed by atoms with Gasteiger partial charge in [0.2, 0.25) is 5.91 Å². The summed E-state index contributed by atoms with van der Waals surface area (Å²) in [4.78, 5) is 36.3. The number of urea groups is 1. The average molecular weight is 479 g/mol. The highest BCUT2D eigenvalue weighted by Gasteiger charge is 2.32. The third kappa shape index (κ3) is 6.84. The van der Waals surface area contributed by atoms with Gasteiger partial charge in [0.25, 0.3) is 5.56 Å². The molecule has 3 rings (SSSR count). The molecule has 172 valence electrons. The van der Waals surface area contributed by atoms with E-state index < -0.39 is 40.8 Å². The van der Waals surface area contributed by atoms with Crippen molar-refractivity contribution in [2.24, 2.45) is 0 Å². The number of carbonyl (C=O) groups excluding carboxylic acids is 2. The highest BCUT2D eigenvalue weighted by atomic mass is 35.5. The van der Waals surface area contributed by atoms with Gasteiger partial charge in [-0.25, -0.2) is 4.79 Å². The molecule has 0 aliphatic rings. The predicted octanol–water partition coefficient (Wildman–Crippen LogP) is 4.48. The van der Waals surface area contributed by atoms with E-state index in [1.54, 1.807) is 48.5 Å². The highest BCUT2D eigenvalue weighted by Crippen LogP contribution is 2.29. The summed E-state index contributed by atoms with van der Waals surface area (Å²) < 4.78 is 39.4. The quantitative estimate of drug-likeness (QED) is 0.487. The molecule has 0 unspecified atom stereocenters. The minimum atomic E-state index is -4.71. The molecule has 0 saturated carbocycles. The maximum absolute atomic E-state index is 12.9. The van der Waals surface area contributed by atoms with Crippen LogP contribution in [0.2, 0.25) is 5.02 Å². The number of nitrogens with one attached hydrogen (secondary N) is 3. The molecule has 3 N–H and O–H groups in total. The number of rotatable bonds is 6. The lowest BCUT2D eigenvalue weighted by Crippen LogP contribution is -2.32. The third-order valence-electron chi connectivity index (χ3n) is 4.39. The Hall–Kier alpha value is -3.79. The number of benzene rings is 2. The van der Waals surface area contributed by atoms with Crippen molar-refractivity contribution in [1.29, 1.82) is 0 Å². The molecule has 0 atom stereocenters. The Balaban J connectivity index is 1.59. The van der Waals surface area contributed by atoms with Crippen LogP contribution in [0, 0.1) is 0 Å². The first-order valence-electron chi connectivity index (χ1n) is 9.58. The van der Waals surface area contributed by atoms with Crippen molar-refractivity contribution in [3.05, 3.63) is 93.4 Å². The van der Waals surface area contributed by atoms with E-state index in [0.29, 0.717) is 33.8 Å². The van der Waals surface area contributed by atoms with Crippen molar-refractivity contribution < 1.29 is 22.8 Å². The topological polar surface area (TPSA) is 92.2 Å². The summed E-state index contributed by atoms with van der Waals surface area (Å²) >= 11 is 5.59. The number of para-hydroxylation sites is 1. The summed E-state index contributed by atoms with van der Waals surface area (Å²) in [6.07, 6.45) is -4.17. The molecule has 33 heavy (non-hydrogen) atoms. The van der Waals surface area contributed by atoms with Crippen LogP contribution in [0.5, 0.6) is 0 Å². The zero-order valence-electron chi connectivity index (χ0n) is 16.9. The Labute approximate surface area is 191 Å². The van der Waals surface area contributed by atoms with Crippen molar-refractivity contribution in [3.8, 4) is 0 Å². The van der Waals surface area contributed by atoms with Gasteiger partial charge in [0.1, 0.15) is 11.6 Å². The van der Waals surface area contributed by atoms with Gasteiger partial charge in [-0.05, 0) is 35.9 Å². The van der Waals surface area contributed by atoms with Crippen molar-refractivity contribution in [2.45, 2.75) is 19.3 Å². The lowest BCUT2D eigenvalue weighted by atomic mass is 10.2. The minimum absolute atomic E-state index is 0.0239. The maximum atomic E-state index is 12.9. The molecule has 0 radical (unpaired) electrons. The Morgan fingerprint density at radius 3 is 2.30 bits per heavy atom. The first-order valence-corrected chi connectivity index (χ1v) is 9.95. The molecule has 11 heteroatoms. The van der Waals surface area contributed by atoms with Crippen LogP contribution in [0.15, 0.2) is 71.7 Å². The van der Waals surface area contributed by atoms with E-state index in [9.17, 15) is 27.6 Å². The lowest BCUT2D eigenvalue weighted by molar-refractivity contribution is -0.138. The summed E-state index contributed by atoms with van der Waals surface area (Å²) in [5.74, 6) is -0.687. The summed E-state index contributed by atoms with van der Waals surface area (Å²) in [5, 5.41) is 7.22. The van der Waals surface area contributed by atoms with Crippen molar-refractivity contribution >= 4 is 34.9 Å². The molecule has 0 saturated heterocycles. The number of hydrogen-bond acceptors (Lipinski definition) is 3. The van der Waals surface area contributed by atoms with Gasteiger partial charge in [-0.3, -0.25) is 9.59 Å². The number of aromatic nitrogens is 1. The molecule has 0 aliphatic carbocycles. The second-order valence-corrected chi connectivity index (χ2v) is 7.34. The summed E-state index contributed by atoms with van der Waals surface area (Å²) in [5.41, 5.74) is -0.336. The highest BCUT2D eigenvalue weighted by molar-refractivity contribution is 6.30. The molecular formula is C22H18ClF3N4O3. The van der Waals surface area contributed by atoms with E-state index in [0.717, 1.165) is 0 Å². The molecule has 3 aromatic rings. The fraction of sp³-hybridized carbons (Fsp3) is 0.136. The number of carbonyl (C=O) groups is 2. The fourth-order valence-corrected chi connectivity index (χ4v) is 3.08. The zero-order chi connectivity index (χ0) is 24.0. The van der Waals surface area contributed by atoms with Crippen molar-refractivity contribution in [2.75, 3.05) is 10.6 Å².